The number of allylic oxidation sites excluding steroid dienone is 2. The van der Waals surface area contributed by atoms with E-state index in [1.54, 1.807) is 25.7 Å². The molecule has 1 aromatic carbocycles. The number of aromatic nitrogens is 5. The Morgan fingerprint density at radius 2 is 1.93 bits per heavy atom. The number of fused-ring (bicyclic) bond motifs is 1. The molecule has 3 heterocycles. The third-order valence-electron chi connectivity index (χ3n) is 4.46. The standard InChI is InChI=1S/C22H22N6O/c1-15(2)10-13-28-18-7-5-4-6-17(18)20(27-28)22-24-14-19(29-3)21(26-22)25-16-8-11-23-12-9-16/h4-12,14H,13H2,1-3H3,(H,23,24,25,26). The van der Waals surface area contributed by atoms with Gasteiger partial charge in [0, 0.05) is 23.5 Å². The number of para-hydroxylation sites is 1. The first-order chi connectivity index (χ1) is 14.2. The van der Waals surface area contributed by atoms with Crippen molar-refractivity contribution in [2.45, 2.75) is 20.4 Å². The number of nitrogens with one attached hydrogen (secondary N) is 1. The predicted molar refractivity (Wildman–Crippen MR) is 114 cm³/mol. The molecule has 7 heteroatoms. The molecule has 3 aromatic heterocycles. The van der Waals surface area contributed by atoms with Gasteiger partial charge in [-0.15, -0.1) is 0 Å². The van der Waals surface area contributed by atoms with Crippen LogP contribution in [0.25, 0.3) is 22.4 Å². The van der Waals surface area contributed by atoms with E-state index in [0.717, 1.165) is 22.3 Å². The Labute approximate surface area is 169 Å². The quantitative estimate of drug-likeness (QED) is 0.488. The summed E-state index contributed by atoms with van der Waals surface area (Å²) < 4.78 is 7.40. The van der Waals surface area contributed by atoms with Crippen molar-refractivity contribution in [3.05, 3.63) is 66.6 Å². The Morgan fingerprint density at radius 3 is 2.69 bits per heavy atom. The first kappa shape index (κ1) is 18.6. The molecule has 0 aliphatic heterocycles. The summed E-state index contributed by atoms with van der Waals surface area (Å²) in [6, 6.07) is 11.8. The zero-order valence-corrected chi connectivity index (χ0v) is 16.6. The lowest BCUT2D eigenvalue weighted by molar-refractivity contribution is 0.413. The topological polar surface area (TPSA) is 77.8 Å². The summed E-state index contributed by atoms with van der Waals surface area (Å²) in [4.78, 5) is 13.2. The van der Waals surface area contributed by atoms with Crippen molar-refractivity contribution >= 4 is 22.4 Å². The number of nitrogens with zero attached hydrogens (tertiary/aromatic N) is 5. The molecule has 0 radical (unpaired) electrons. The Hall–Kier alpha value is -3.74. The summed E-state index contributed by atoms with van der Waals surface area (Å²) in [6.07, 6.45) is 7.24. The maximum Gasteiger partial charge on any atom is 0.183 e. The van der Waals surface area contributed by atoms with Crippen LogP contribution in [0.3, 0.4) is 0 Å². The lowest BCUT2D eigenvalue weighted by atomic mass is 10.2. The van der Waals surface area contributed by atoms with Crippen LogP contribution >= 0.6 is 0 Å². The Morgan fingerprint density at radius 1 is 1.14 bits per heavy atom. The van der Waals surface area contributed by atoms with Crippen LogP contribution in [0.2, 0.25) is 0 Å². The molecule has 1 N–H and O–H groups in total. The molecule has 0 aliphatic carbocycles. The van der Waals surface area contributed by atoms with Crippen LogP contribution < -0.4 is 10.1 Å². The fraction of sp³-hybridized carbons (Fsp3) is 0.182. The van der Waals surface area contributed by atoms with Crippen LogP contribution in [-0.2, 0) is 6.54 Å². The minimum absolute atomic E-state index is 0.537. The van der Waals surface area contributed by atoms with Crippen molar-refractivity contribution in [3.8, 4) is 17.3 Å². The molecule has 0 unspecified atom stereocenters. The van der Waals surface area contributed by atoms with Crippen molar-refractivity contribution in [3.63, 3.8) is 0 Å². The van der Waals surface area contributed by atoms with Crippen molar-refractivity contribution < 1.29 is 4.74 Å². The van der Waals surface area contributed by atoms with Crippen molar-refractivity contribution in [2.24, 2.45) is 0 Å². The number of anilines is 2. The van der Waals surface area contributed by atoms with E-state index >= 15 is 0 Å². The zero-order valence-electron chi connectivity index (χ0n) is 16.6. The van der Waals surface area contributed by atoms with E-state index < -0.39 is 0 Å². The second kappa shape index (κ2) is 8.10. The molecule has 0 spiro atoms. The Bertz CT molecular complexity index is 1160. The number of methoxy groups -OCH3 is 1. The highest BCUT2D eigenvalue weighted by atomic mass is 16.5. The monoisotopic (exact) mass is 386 g/mol. The van der Waals surface area contributed by atoms with Gasteiger partial charge in [0.15, 0.2) is 17.4 Å². The number of benzene rings is 1. The van der Waals surface area contributed by atoms with Gasteiger partial charge in [-0.05, 0) is 32.0 Å². The van der Waals surface area contributed by atoms with E-state index in [0.29, 0.717) is 23.9 Å². The molecule has 0 amide bonds. The lowest BCUT2D eigenvalue weighted by Gasteiger charge is -2.10. The lowest BCUT2D eigenvalue weighted by Crippen LogP contribution is -2.02. The fourth-order valence-corrected chi connectivity index (χ4v) is 3.00. The first-order valence-corrected chi connectivity index (χ1v) is 9.33. The van der Waals surface area contributed by atoms with Crippen LogP contribution in [0.15, 0.2) is 66.6 Å². The Balaban J connectivity index is 1.79. The van der Waals surface area contributed by atoms with Gasteiger partial charge in [0.25, 0.3) is 0 Å². The highest BCUT2D eigenvalue weighted by Crippen LogP contribution is 2.30. The van der Waals surface area contributed by atoms with E-state index in [1.165, 1.54) is 5.57 Å². The summed E-state index contributed by atoms with van der Waals surface area (Å²) in [5, 5.41) is 9.08. The second-order valence-electron chi connectivity index (χ2n) is 6.80. The van der Waals surface area contributed by atoms with Gasteiger partial charge in [0.1, 0.15) is 5.69 Å². The molecular formula is C22H22N6O. The molecule has 0 saturated carbocycles. The summed E-state index contributed by atoms with van der Waals surface area (Å²) in [5.41, 5.74) is 3.89. The van der Waals surface area contributed by atoms with Crippen LogP contribution in [0.5, 0.6) is 5.75 Å². The Kier molecular flexibility index (Phi) is 5.20. The smallest absolute Gasteiger partial charge is 0.183 e. The maximum absolute atomic E-state index is 5.43. The molecule has 7 nitrogen and oxygen atoms in total. The van der Waals surface area contributed by atoms with Gasteiger partial charge in [-0.25, -0.2) is 9.97 Å². The molecule has 0 atom stereocenters. The first-order valence-electron chi connectivity index (χ1n) is 9.33. The van der Waals surface area contributed by atoms with E-state index in [4.69, 9.17) is 14.8 Å². The van der Waals surface area contributed by atoms with Gasteiger partial charge in [0.2, 0.25) is 0 Å². The second-order valence-corrected chi connectivity index (χ2v) is 6.80. The van der Waals surface area contributed by atoms with Gasteiger partial charge >= 0.3 is 0 Å². The SMILES string of the molecule is COc1cnc(-c2nn(CC=C(C)C)c3ccccc23)nc1Nc1ccncc1. The largest absolute Gasteiger partial charge is 0.491 e. The number of ether oxygens (including phenoxy) is 1. The number of hydrogen-bond donors (Lipinski definition) is 1. The average Bonchev–Trinajstić information content (AvgIpc) is 3.12. The summed E-state index contributed by atoms with van der Waals surface area (Å²) >= 11 is 0. The number of hydrogen-bond acceptors (Lipinski definition) is 6. The van der Waals surface area contributed by atoms with Crippen molar-refractivity contribution in [1.82, 2.24) is 24.7 Å². The summed E-state index contributed by atoms with van der Waals surface area (Å²) in [6.45, 7) is 4.85. The maximum atomic E-state index is 5.43. The van der Waals surface area contributed by atoms with Crippen molar-refractivity contribution in [1.29, 1.82) is 0 Å². The summed E-state index contributed by atoms with van der Waals surface area (Å²) in [5.74, 6) is 1.67. The van der Waals surface area contributed by atoms with Gasteiger partial charge in [-0.2, -0.15) is 5.10 Å². The minimum atomic E-state index is 0.537. The third kappa shape index (κ3) is 3.94. The highest BCUT2D eigenvalue weighted by molar-refractivity contribution is 5.91. The van der Waals surface area contributed by atoms with E-state index in [-0.39, 0.29) is 0 Å². The van der Waals surface area contributed by atoms with E-state index in [2.05, 4.69) is 41.3 Å². The zero-order chi connectivity index (χ0) is 20.2. The fourth-order valence-electron chi connectivity index (χ4n) is 3.00. The van der Waals surface area contributed by atoms with Crippen LogP contribution in [0.4, 0.5) is 11.5 Å². The minimum Gasteiger partial charge on any atom is -0.491 e. The molecular weight excluding hydrogens is 364 g/mol. The molecule has 0 aliphatic rings. The third-order valence-corrected chi connectivity index (χ3v) is 4.46. The molecule has 4 aromatic rings. The van der Waals surface area contributed by atoms with E-state index in [9.17, 15) is 0 Å². The molecule has 0 saturated heterocycles. The van der Waals surface area contributed by atoms with Crippen LogP contribution in [0, 0.1) is 0 Å². The molecule has 4 rings (SSSR count). The predicted octanol–water partition coefficient (Wildman–Crippen LogP) is 4.61. The van der Waals surface area contributed by atoms with E-state index in [1.807, 2.05) is 35.0 Å². The van der Waals surface area contributed by atoms with Crippen molar-refractivity contribution in [2.75, 3.05) is 12.4 Å². The average molecular weight is 386 g/mol. The molecule has 146 valence electrons. The summed E-state index contributed by atoms with van der Waals surface area (Å²) in [7, 11) is 1.60. The van der Waals surface area contributed by atoms with Gasteiger partial charge in [-0.3, -0.25) is 9.67 Å². The highest BCUT2D eigenvalue weighted by Gasteiger charge is 2.16. The molecule has 0 fully saturated rings. The van der Waals surface area contributed by atoms with Gasteiger partial charge < -0.3 is 10.1 Å². The normalized spacial score (nSPS) is 10.7. The number of pyridine rings is 1. The van der Waals surface area contributed by atoms with Crippen LogP contribution in [0.1, 0.15) is 13.8 Å². The molecule has 0 bridgehead atoms. The number of rotatable bonds is 6. The van der Waals surface area contributed by atoms with Gasteiger partial charge in [0.05, 0.1) is 25.4 Å². The molecule has 29 heavy (non-hydrogen) atoms. The van der Waals surface area contributed by atoms with Gasteiger partial charge in [-0.1, -0.05) is 29.8 Å². The van der Waals surface area contributed by atoms with Crippen LogP contribution in [-0.4, -0.2) is 31.8 Å².